The van der Waals surface area contributed by atoms with Gasteiger partial charge in [-0.1, -0.05) is 19.9 Å². The van der Waals surface area contributed by atoms with Crippen molar-refractivity contribution in [3.05, 3.63) is 59.2 Å². The Morgan fingerprint density at radius 3 is 2.50 bits per heavy atom. The van der Waals surface area contributed by atoms with E-state index in [4.69, 9.17) is 18.9 Å². The molecule has 2 fully saturated rings. The van der Waals surface area contributed by atoms with Gasteiger partial charge in [0.2, 0.25) is 0 Å². The highest BCUT2D eigenvalue weighted by atomic mass is 16.5. The summed E-state index contributed by atoms with van der Waals surface area (Å²) >= 11 is 0. The van der Waals surface area contributed by atoms with E-state index in [0.717, 1.165) is 19.3 Å². The van der Waals surface area contributed by atoms with Crippen molar-refractivity contribution >= 4 is 17.4 Å². The zero-order valence-corrected chi connectivity index (χ0v) is 22.6. The minimum Gasteiger partial charge on any atom is -0.507 e. The van der Waals surface area contributed by atoms with E-state index in [0.29, 0.717) is 54.1 Å². The summed E-state index contributed by atoms with van der Waals surface area (Å²) in [5.74, 6) is 0.611. The Hall–Kier alpha value is -3.52. The molecule has 0 saturated carbocycles. The van der Waals surface area contributed by atoms with Gasteiger partial charge in [0.25, 0.3) is 11.7 Å². The van der Waals surface area contributed by atoms with Crippen molar-refractivity contribution in [1.82, 2.24) is 4.90 Å². The Morgan fingerprint density at radius 2 is 1.87 bits per heavy atom. The largest absolute Gasteiger partial charge is 0.507 e. The van der Waals surface area contributed by atoms with Crippen molar-refractivity contribution in [3.63, 3.8) is 0 Å². The molecule has 0 spiro atoms. The van der Waals surface area contributed by atoms with Crippen LogP contribution in [0.5, 0.6) is 17.2 Å². The fraction of sp³-hybridized carbons (Fsp3) is 0.467. The third-order valence-electron chi connectivity index (χ3n) is 6.86. The van der Waals surface area contributed by atoms with Crippen LogP contribution < -0.4 is 14.2 Å². The van der Waals surface area contributed by atoms with E-state index in [1.807, 2.05) is 13.0 Å². The number of aliphatic hydroxyl groups excluding tert-OH is 1. The van der Waals surface area contributed by atoms with Crippen LogP contribution in [0.1, 0.15) is 57.2 Å². The molecule has 0 radical (unpaired) electrons. The molecular formula is C30H37NO7. The molecule has 2 heterocycles. The van der Waals surface area contributed by atoms with Crippen molar-refractivity contribution in [2.24, 2.45) is 5.92 Å². The topological polar surface area (TPSA) is 94.5 Å². The normalized spacial score (nSPS) is 20.8. The first-order valence-electron chi connectivity index (χ1n) is 13.3. The van der Waals surface area contributed by atoms with Gasteiger partial charge in [0, 0.05) is 18.7 Å². The van der Waals surface area contributed by atoms with Gasteiger partial charge in [-0.3, -0.25) is 9.59 Å². The number of amides is 1. The fourth-order valence-corrected chi connectivity index (χ4v) is 4.83. The van der Waals surface area contributed by atoms with Gasteiger partial charge in [-0.25, -0.2) is 0 Å². The second kappa shape index (κ2) is 12.3. The van der Waals surface area contributed by atoms with Gasteiger partial charge in [0.1, 0.15) is 11.5 Å². The number of ether oxygens (including phenoxy) is 4. The molecule has 4 rings (SSSR count). The number of hydrogen-bond donors (Lipinski definition) is 1. The summed E-state index contributed by atoms with van der Waals surface area (Å²) in [5.41, 5.74) is 1.10. The number of nitrogens with zero attached hydrogens (tertiary/aromatic N) is 1. The third kappa shape index (κ3) is 5.96. The summed E-state index contributed by atoms with van der Waals surface area (Å²) in [6.07, 6.45) is 2.44. The average molecular weight is 524 g/mol. The SMILES string of the molecule is CCOc1ccc(C(O)=C2C(=O)C(=O)N(CC3CCCO3)C2c2ccc(OCCC(C)C)c(OC)c2)cc1. The molecule has 2 aromatic carbocycles. The molecule has 1 amide bonds. The zero-order chi connectivity index (χ0) is 27.2. The number of ketones is 1. The second-order valence-corrected chi connectivity index (χ2v) is 9.99. The Morgan fingerprint density at radius 1 is 1.11 bits per heavy atom. The van der Waals surface area contributed by atoms with Crippen molar-refractivity contribution in [2.75, 3.05) is 33.5 Å². The van der Waals surface area contributed by atoms with Gasteiger partial charge < -0.3 is 29.0 Å². The summed E-state index contributed by atoms with van der Waals surface area (Å²) in [4.78, 5) is 28.1. The van der Waals surface area contributed by atoms with E-state index in [9.17, 15) is 14.7 Å². The van der Waals surface area contributed by atoms with Gasteiger partial charge in [-0.15, -0.1) is 0 Å². The molecular weight excluding hydrogens is 486 g/mol. The lowest BCUT2D eigenvalue weighted by Gasteiger charge is -2.28. The van der Waals surface area contributed by atoms with Crippen LogP contribution in [0.15, 0.2) is 48.0 Å². The standard InChI is InChI=1S/C30H37NO7/c1-5-36-22-11-8-20(9-12-22)28(32)26-27(31(30(34)29(26)33)18-23-7-6-15-37-23)21-10-13-24(25(17-21)35-4)38-16-14-19(2)3/h8-13,17,19,23,27,32H,5-7,14-16,18H2,1-4H3. The van der Waals surface area contributed by atoms with Crippen LogP contribution in [0.3, 0.4) is 0 Å². The molecule has 8 heteroatoms. The molecule has 38 heavy (non-hydrogen) atoms. The first-order valence-corrected chi connectivity index (χ1v) is 13.3. The molecule has 2 unspecified atom stereocenters. The molecule has 204 valence electrons. The van der Waals surface area contributed by atoms with Crippen LogP contribution in [-0.2, 0) is 14.3 Å². The molecule has 0 bridgehead atoms. The average Bonchev–Trinajstić information content (AvgIpc) is 3.51. The molecule has 0 aromatic heterocycles. The van der Waals surface area contributed by atoms with Gasteiger partial charge >= 0.3 is 0 Å². The van der Waals surface area contributed by atoms with E-state index in [2.05, 4.69) is 13.8 Å². The van der Waals surface area contributed by atoms with Crippen LogP contribution in [0.4, 0.5) is 0 Å². The number of benzene rings is 2. The lowest BCUT2D eigenvalue weighted by Crippen LogP contribution is -2.36. The van der Waals surface area contributed by atoms with E-state index in [1.54, 1.807) is 43.5 Å². The number of likely N-dealkylation sites (tertiary alicyclic amines) is 1. The Kier molecular flexibility index (Phi) is 8.94. The molecule has 8 nitrogen and oxygen atoms in total. The smallest absolute Gasteiger partial charge is 0.295 e. The molecule has 2 aliphatic rings. The fourth-order valence-electron chi connectivity index (χ4n) is 4.83. The van der Waals surface area contributed by atoms with Crippen LogP contribution in [-0.4, -0.2) is 61.3 Å². The van der Waals surface area contributed by atoms with Crippen LogP contribution in [0, 0.1) is 5.92 Å². The number of Topliss-reactive ketones (excluding diaryl/α,β-unsaturated/α-hetero) is 1. The quantitative estimate of drug-likeness (QED) is 0.248. The minimum atomic E-state index is -0.801. The predicted octanol–water partition coefficient (Wildman–Crippen LogP) is 5.12. The van der Waals surface area contributed by atoms with Crippen molar-refractivity contribution < 1.29 is 33.6 Å². The zero-order valence-electron chi connectivity index (χ0n) is 22.6. The maximum atomic E-state index is 13.4. The maximum absolute atomic E-state index is 13.4. The Bertz CT molecular complexity index is 1170. The van der Waals surface area contributed by atoms with Crippen LogP contribution in [0.25, 0.3) is 5.76 Å². The summed E-state index contributed by atoms with van der Waals surface area (Å²) in [6, 6.07) is 11.4. The van der Waals surface area contributed by atoms with E-state index >= 15 is 0 Å². The van der Waals surface area contributed by atoms with Gasteiger partial charge in [-0.05, 0) is 74.1 Å². The third-order valence-corrected chi connectivity index (χ3v) is 6.86. The van der Waals surface area contributed by atoms with Crippen molar-refractivity contribution in [2.45, 2.75) is 52.2 Å². The molecule has 0 aliphatic carbocycles. The van der Waals surface area contributed by atoms with Crippen LogP contribution >= 0.6 is 0 Å². The van der Waals surface area contributed by atoms with Gasteiger partial charge in [0.15, 0.2) is 11.5 Å². The first-order chi connectivity index (χ1) is 18.3. The summed E-state index contributed by atoms with van der Waals surface area (Å²) in [5, 5.41) is 11.3. The number of hydrogen-bond acceptors (Lipinski definition) is 7. The summed E-state index contributed by atoms with van der Waals surface area (Å²) in [6.45, 7) is 8.09. The summed E-state index contributed by atoms with van der Waals surface area (Å²) < 4.78 is 22.8. The van der Waals surface area contributed by atoms with E-state index in [1.165, 1.54) is 4.90 Å². The number of rotatable bonds is 11. The maximum Gasteiger partial charge on any atom is 0.295 e. The number of methoxy groups -OCH3 is 1. The monoisotopic (exact) mass is 523 g/mol. The first kappa shape index (κ1) is 27.5. The summed E-state index contributed by atoms with van der Waals surface area (Å²) in [7, 11) is 1.55. The number of carbonyl (C=O) groups is 2. The lowest BCUT2D eigenvalue weighted by molar-refractivity contribution is -0.140. The second-order valence-electron chi connectivity index (χ2n) is 9.99. The van der Waals surface area contributed by atoms with Crippen molar-refractivity contribution in [3.8, 4) is 17.2 Å². The highest BCUT2D eigenvalue weighted by molar-refractivity contribution is 6.46. The lowest BCUT2D eigenvalue weighted by atomic mass is 9.94. The Balaban J connectivity index is 1.75. The van der Waals surface area contributed by atoms with Gasteiger partial charge in [0.05, 0.1) is 38.0 Å². The minimum absolute atomic E-state index is 0.0349. The number of aliphatic hydroxyl groups is 1. The Labute approximate surface area is 224 Å². The van der Waals surface area contributed by atoms with Crippen molar-refractivity contribution in [1.29, 1.82) is 0 Å². The van der Waals surface area contributed by atoms with E-state index in [-0.39, 0.29) is 24.0 Å². The molecule has 2 aliphatic heterocycles. The van der Waals surface area contributed by atoms with Crippen LogP contribution in [0.2, 0.25) is 0 Å². The highest BCUT2D eigenvalue weighted by Gasteiger charge is 2.47. The molecule has 2 saturated heterocycles. The predicted molar refractivity (Wildman–Crippen MR) is 144 cm³/mol. The highest BCUT2D eigenvalue weighted by Crippen LogP contribution is 2.42. The molecule has 2 aromatic rings. The van der Waals surface area contributed by atoms with E-state index < -0.39 is 17.7 Å². The number of carbonyl (C=O) groups excluding carboxylic acids is 2. The molecule has 2 atom stereocenters. The van der Waals surface area contributed by atoms with Gasteiger partial charge in [-0.2, -0.15) is 0 Å². The molecule has 1 N–H and O–H groups in total.